The van der Waals surface area contributed by atoms with Crippen molar-refractivity contribution in [1.82, 2.24) is 0 Å². The third-order valence-electron chi connectivity index (χ3n) is 23.8. The molecule has 0 saturated carbocycles. The summed E-state index contributed by atoms with van der Waals surface area (Å²) in [6, 6.07) is 124. The molecule has 15 heteroatoms. The molecule has 1 aliphatic heterocycles. The molecule has 7 aliphatic rings. The van der Waals surface area contributed by atoms with Gasteiger partial charge in [-0.2, -0.15) is 6.42 Å². The number of hydrogen-bond acceptors (Lipinski definition) is 8. The van der Waals surface area contributed by atoms with E-state index in [1.807, 2.05) is 77.9 Å². The molecule has 0 atom stereocenters. The SMILES string of the molecule is Brc1cccc(-c2ccc3c(c2)C2(c4ccccc4-c4ccccc42)c2ccccc2-3)c1.Brc1cccc(I)c1.C1CCOC1.CC(C)OB(OC(C)C)OC(C)C.O[B]Oc1ccc2c(c1)C1(c3ccccc3-c3ccccc31)c1ccccc1-2.O[B]Oc1cccc(-c2ccc3c(c2)C2(c4ccccc4-c4ccccc42)c2ccccc2-3)c1.[CH2-]CCC.[Li+]. The van der Waals surface area contributed by atoms with Crippen LogP contribution in [-0.4, -0.2) is 64.3 Å². The number of ether oxygens (including phenoxy) is 1. The molecule has 1 heterocycles. The third kappa shape index (κ3) is 17.5. The molecule has 2 radical (unpaired) electrons. The van der Waals surface area contributed by atoms with Crippen LogP contribution in [0.15, 0.2) is 355 Å². The fourth-order valence-corrected chi connectivity index (χ4v) is 20.7. The maximum absolute atomic E-state index is 9.17. The van der Waals surface area contributed by atoms with E-state index in [0.717, 1.165) is 55.1 Å². The average molecular weight is 1870 g/mol. The Balaban J connectivity index is 0.000000124. The molecule has 15 aromatic carbocycles. The minimum absolute atomic E-state index is 0. The van der Waals surface area contributed by atoms with Crippen LogP contribution in [0.2, 0.25) is 0 Å². The van der Waals surface area contributed by atoms with Gasteiger partial charge in [0.2, 0.25) is 0 Å². The van der Waals surface area contributed by atoms with Crippen molar-refractivity contribution in [2.24, 2.45) is 0 Å². The molecular weight excluding hydrogens is 1780 g/mol. The molecule has 15 aromatic rings. The topological polar surface area (TPSA) is 95.8 Å². The van der Waals surface area contributed by atoms with E-state index in [4.69, 9.17) is 38.1 Å². The molecule has 1 saturated heterocycles. The first-order valence-electron chi connectivity index (χ1n) is 42.8. The van der Waals surface area contributed by atoms with Gasteiger partial charge in [0.05, 0.1) is 16.2 Å². The quantitative estimate of drug-likeness (QED) is 0.0670. The second-order valence-corrected chi connectivity index (χ2v) is 35.4. The van der Waals surface area contributed by atoms with E-state index in [1.54, 1.807) is 0 Å². The van der Waals surface area contributed by atoms with Gasteiger partial charge < -0.3 is 45.0 Å². The van der Waals surface area contributed by atoms with Crippen LogP contribution in [0.4, 0.5) is 0 Å². The third-order valence-corrected chi connectivity index (χ3v) is 25.4. The Kier molecular flexibility index (Phi) is 29.1. The smallest absolute Gasteiger partial charge is 0.537 e. The molecule has 2 N–H and O–H groups in total. The van der Waals surface area contributed by atoms with Crippen LogP contribution in [0.5, 0.6) is 11.5 Å². The van der Waals surface area contributed by atoms with Gasteiger partial charge in [-0.1, -0.05) is 324 Å². The summed E-state index contributed by atoms with van der Waals surface area (Å²) in [5, 5.41) is 18.3. The predicted octanol–water partition coefficient (Wildman–Crippen LogP) is 24.7. The van der Waals surface area contributed by atoms with Gasteiger partial charge in [0.1, 0.15) is 11.5 Å². The van der Waals surface area contributed by atoms with E-state index in [1.165, 1.54) is 167 Å². The molecule has 0 aromatic heterocycles. The summed E-state index contributed by atoms with van der Waals surface area (Å²) in [5.74, 6) is 1.24. The number of hydrogen-bond donors (Lipinski definition) is 2. The van der Waals surface area contributed by atoms with Crippen molar-refractivity contribution >= 4 is 77.1 Å². The normalized spacial score (nSPS) is 13.5. The average Bonchev–Trinajstić information content (AvgIpc) is 1.52. The van der Waals surface area contributed by atoms with E-state index >= 15 is 0 Å². The van der Waals surface area contributed by atoms with Crippen LogP contribution in [0.3, 0.4) is 0 Å². The van der Waals surface area contributed by atoms with E-state index in [0.29, 0.717) is 11.5 Å². The van der Waals surface area contributed by atoms with E-state index in [-0.39, 0.29) is 53.4 Å². The molecule has 0 unspecified atom stereocenters. The summed E-state index contributed by atoms with van der Waals surface area (Å²) >= 11 is 9.28. The largest absolute Gasteiger partial charge is 1.00 e. The summed E-state index contributed by atoms with van der Waals surface area (Å²) in [7, 11) is 0.923. The van der Waals surface area contributed by atoms with Gasteiger partial charge in [0.25, 0.3) is 0 Å². The molecule has 22 rings (SSSR count). The molecule has 0 bridgehead atoms. The van der Waals surface area contributed by atoms with Crippen molar-refractivity contribution < 1.29 is 56.9 Å². The fraction of sp³-hybridized carbons (Fsp3) is 0.173. The molecule has 1 fully saturated rings. The number of fused-ring (bicyclic) bond motifs is 30. The van der Waals surface area contributed by atoms with Crippen LogP contribution in [-0.2, 0) is 34.9 Å². The molecule has 6 aliphatic carbocycles. The molecular formula is C110H97B3Br2ILiO8. The van der Waals surface area contributed by atoms with Gasteiger partial charge in [-0.05, 0) is 299 Å². The molecule has 125 heavy (non-hydrogen) atoms. The van der Waals surface area contributed by atoms with Crippen molar-refractivity contribution in [2.45, 2.75) is 109 Å². The van der Waals surface area contributed by atoms with Crippen molar-refractivity contribution in [3.63, 3.8) is 0 Å². The van der Waals surface area contributed by atoms with Crippen LogP contribution in [0.1, 0.15) is 141 Å². The van der Waals surface area contributed by atoms with Crippen molar-refractivity contribution in [2.75, 3.05) is 13.2 Å². The summed E-state index contributed by atoms with van der Waals surface area (Å²) in [6.07, 6.45) is 5.17. The first-order chi connectivity index (χ1) is 60.6. The maximum atomic E-state index is 9.17. The minimum atomic E-state index is -0.542. The summed E-state index contributed by atoms with van der Waals surface area (Å²) in [4.78, 5) is 0. The second kappa shape index (κ2) is 40.4. The predicted molar refractivity (Wildman–Crippen MR) is 526 cm³/mol. The summed E-state index contributed by atoms with van der Waals surface area (Å²) < 4.78 is 35.3. The van der Waals surface area contributed by atoms with E-state index < -0.39 is 7.32 Å². The van der Waals surface area contributed by atoms with Gasteiger partial charge >= 0.3 is 41.6 Å². The van der Waals surface area contributed by atoms with Crippen LogP contribution >= 0.6 is 54.5 Å². The van der Waals surface area contributed by atoms with Gasteiger partial charge in [-0.25, -0.2) is 0 Å². The zero-order valence-corrected chi connectivity index (χ0v) is 77.1. The first-order valence-corrected chi connectivity index (χ1v) is 45.4. The fourth-order valence-electron chi connectivity index (χ4n) is 19.0. The van der Waals surface area contributed by atoms with Gasteiger partial charge in [0.15, 0.2) is 0 Å². The van der Waals surface area contributed by atoms with Gasteiger partial charge in [0, 0.05) is 44.0 Å². The van der Waals surface area contributed by atoms with Crippen LogP contribution in [0, 0.1) is 10.5 Å². The minimum Gasteiger partial charge on any atom is -0.537 e. The van der Waals surface area contributed by atoms with Gasteiger partial charge in [-0.3, -0.25) is 0 Å². The number of unbranched alkanes of at least 4 members (excludes halogenated alkanes) is 1. The molecule has 0 amide bonds. The Morgan fingerprint density at radius 1 is 0.336 bits per heavy atom. The Morgan fingerprint density at radius 3 is 0.872 bits per heavy atom. The van der Waals surface area contributed by atoms with Crippen molar-refractivity contribution in [3.05, 3.63) is 432 Å². The first kappa shape index (κ1) is 89.9. The van der Waals surface area contributed by atoms with Crippen LogP contribution < -0.4 is 28.2 Å². The zero-order chi connectivity index (χ0) is 86.1. The Bertz CT molecular complexity index is 6090. The van der Waals surface area contributed by atoms with Gasteiger partial charge in [-0.15, -0.1) is 0 Å². The summed E-state index contributed by atoms with van der Waals surface area (Å²) in [5.41, 5.74) is 35.2. The molecule has 616 valence electrons. The van der Waals surface area contributed by atoms with Crippen molar-refractivity contribution in [1.29, 1.82) is 0 Å². The second-order valence-electron chi connectivity index (χ2n) is 32.3. The summed E-state index contributed by atoms with van der Waals surface area (Å²) in [6.45, 7) is 19.5. The van der Waals surface area contributed by atoms with E-state index in [9.17, 15) is 0 Å². The van der Waals surface area contributed by atoms with Crippen LogP contribution in [0.25, 0.3) is 89.0 Å². The van der Waals surface area contributed by atoms with E-state index in [2.05, 4.69) is 378 Å². The van der Waals surface area contributed by atoms with Crippen molar-refractivity contribution in [3.8, 4) is 101 Å². The monoisotopic (exact) mass is 1870 g/mol. The Labute approximate surface area is 781 Å². The Morgan fingerprint density at radius 2 is 0.600 bits per heavy atom. The number of benzene rings is 15. The number of halogens is 3. The number of rotatable bonds is 13. The molecule has 3 spiro atoms. The Hall–Kier alpha value is -9.86. The maximum Gasteiger partial charge on any atom is 1.00 e. The standard InChI is InChI=1S/C31H20BO2.C31H19Br.C25H16BO2.C9H21BO3.C6H4BrI.C4H8O.C4H9.Li/c33-32-34-22-9-7-8-20(18-22)21-16-17-26-25-12-3-6-15-29(25)31(30(26)19-21)27-13-4-1-10-23(27)24-11-2-5-14-28(24)31;32-22-9-7-8-20(18-22)21-16-17-26-25-12-3-6-15-29(25)31(30(26)19-21)27-13-4-1-10-23(27)24-11-2-5-14-28(24)31;27-26-28-16-13-14-20-19-9-3-6-12-23(19)25(24(20)15-16)21-10-4-1-7-17(21)18-8-2-5-11-22(18)25;1-7(2)11-10(12-8(3)4)13-9(5)6;7-5-2-1-3-6(8)4-5;1-2-4-5-3-1;1-3-4-2;/h1-19,33H;1-19H;1-15,27H;7-9H,1-6H3;1-4H;1-4H2;1,3-4H2,2H3;/q;;;;;;-1;+1. The molecule has 8 nitrogen and oxygen atoms in total. The zero-order valence-electron chi connectivity index (χ0n) is 71.8.